The van der Waals surface area contributed by atoms with E-state index in [2.05, 4.69) is 5.32 Å². The fourth-order valence-corrected chi connectivity index (χ4v) is 1.41. The van der Waals surface area contributed by atoms with E-state index in [1.54, 1.807) is 45.0 Å². The summed E-state index contributed by atoms with van der Waals surface area (Å²) in [6.45, 7) is 5.94. The molecule has 0 heterocycles. The molecule has 1 aromatic rings. The Morgan fingerprint density at radius 2 is 1.80 bits per heavy atom. The number of carbonyl (C=O) groups excluding carboxylic acids is 2. The van der Waals surface area contributed by atoms with E-state index in [4.69, 9.17) is 9.47 Å². The zero-order valence-corrected chi connectivity index (χ0v) is 12.1. The molecule has 20 heavy (non-hydrogen) atoms. The number of hydrogen-bond acceptors (Lipinski definition) is 4. The summed E-state index contributed by atoms with van der Waals surface area (Å²) in [6, 6.07) is 8.94. The van der Waals surface area contributed by atoms with Gasteiger partial charge in [0.05, 0.1) is 6.61 Å². The molecule has 1 aromatic carbocycles. The minimum absolute atomic E-state index is 0.0000117. The van der Waals surface area contributed by atoms with E-state index in [-0.39, 0.29) is 19.0 Å². The zero-order chi connectivity index (χ0) is 15.0. The van der Waals surface area contributed by atoms with E-state index >= 15 is 0 Å². The third kappa shape index (κ3) is 6.89. The van der Waals surface area contributed by atoms with Crippen LogP contribution in [0.1, 0.15) is 31.1 Å². The van der Waals surface area contributed by atoms with Crippen LogP contribution in [-0.4, -0.2) is 37.2 Å². The number of rotatable bonds is 6. The minimum atomic E-state index is -0.520. The number of alkyl carbamates (subject to hydrolysis) is 1. The number of hydrogen-bond donors (Lipinski definition) is 1. The van der Waals surface area contributed by atoms with Crippen molar-refractivity contribution in [3.8, 4) is 0 Å². The zero-order valence-electron chi connectivity index (χ0n) is 12.1. The van der Waals surface area contributed by atoms with E-state index in [9.17, 15) is 9.59 Å². The standard InChI is InChI=1S/C15H21NO4/c1-15(2,3)20-14(18)16-9-10-19-11-13(17)12-7-5-4-6-8-12/h4-8H,9-11H2,1-3H3,(H,16,18). The highest BCUT2D eigenvalue weighted by Gasteiger charge is 2.15. The van der Waals surface area contributed by atoms with Crippen LogP contribution in [0.5, 0.6) is 0 Å². The van der Waals surface area contributed by atoms with Gasteiger partial charge in [0.1, 0.15) is 12.2 Å². The van der Waals surface area contributed by atoms with Gasteiger partial charge in [-0.3, -0.25) is 4.79 Å². The quantitative estimate of drug-likeness (QED) is 0.641. The molecule has 0 aromatic heterocycles. The molecule has 0 unspecified atom stereocenters. The van der Waals surface area contributed by atoms with Crippen LogP contribution in [0.2, 0.25) is 0 Å². The SMILES string of the molecule is CC(C)(C)OC(=O)NCCOCC(=O)c1ccccc1. The lowest BCUT2D eigenvalue weighted by Crippen LogP contribution is -2.34. The smallest absolute Gasteiger partial charge is 0.407 e. The summed E-state index contributed by atoms with van der Waals surface area (Å²) < 4.78 is 10.3. The Hall–Kier alpha value is -1.88. The van der Waals surface area contributed by atoms with Gasteiger partial charge in [0.2, 0.25) is 0 Å². The number of nitrogens with one attached hydrogen (secondary N) is 1. The predicted molar refractivity (Wildman–Crippen MR) is 75.8 cm³/mol. The molecule has 0 atom stereocenters. The highest BCUT2D eigenvalue weighted by Crippen LogP contribution is 2.06. The minimum Gasteiger partial charge on any atom is -0.444 e. The first-order valence-corrected chi connectivity index (χ1v) is 6.51. The number of amides is 1. The van der Waals surface area contributed by atoms with Crippen LogP contribution in [0, 0.1) is 0 Å². The van der Waals surface area contributed by atoms with Crippen molar-refractivity contribution in [2.45, 2.75) is 26.4 Å². The molecule has 0 aliphatic carbocycles. The van der Waals surface area contributed by atoms with Crippen LogP contribution in [0.15, 0.2) is 30.3 Å². The lowest BCUT2D eigenvalue weighted by Gasteiger charge is -2.19. The van der Waals surface area contributed by atoms with Crippen molar-refractivity contribution in [2.75, 3.05) is 19.8 Å². The van der Waals surface area contributed by atoms with E-state index in [0.717, 1.165) is 0 Å². The molecule has 0 fully saturated rings. The van der Waals surface area contributed by atoms with Crippen molar-refractivity contribution in [3.05, 3.63) is 35.9 Å². The molecule has 0 saturated carbocycles. The Morgan fingerprint density at radius 3 is 2.40 bits per heavy atom. The predicted octanol–water partition coefficient (Wildman–Crippen LogP) is 2.41. The molecule has 1 amide bonds. The maximum Gasteiger partial charge on any atom is 0.407 e. The molecule has 1 rings (SSSR count). The van der Waals surface area contributed by atoms with Crippen LogP contribution in [0.4, 0.5) is 4.79 Å². The van der Waals surface area contributed by atoms with Crippen LogP contribution in [-0.2, 0) is 9.47 Å². The lowest BCUT2D eigenvalue weighted by molar-refractivity contribution is 0.0498. The van der Waals surface area contributed by atoms with Gasteiger partial charge in [0.15, 0.2) is 5.78 Å². The molecule has 5 nitrogen and oxygen atoms in total. The topological polar surface area (TPSA) is 64.6 Å². The van der Waals surface area contributed by atoms with Gasteiger partial charge in [0, 0.05) is 12.1 Å². The van der Waals surface area contributed by atoms with Crippen LogP contribution >= 0.6 is 0 Å². The molecule has 110 valence electrons. The summed E-state index contributed by atoms with van der Waals surface area (Å²) in [4.78, 5) is 23.0. The molecular formula is C15H21NO4. The monoisotopic (exact) mass is 279 g/mol. The number of benzene rings is 1. The first-order valence-electron chi connectivity index (χ1n) is 6.51. The van der Waals surface area contributed by atoms with Crippen LogP contribution < -0.4 is 5.32 Å². The molecule has 0 aliphatic rings. The van der Waals surface area contributed by atoms with Crippen molar-refractivity contribution < 1.29 is 19.1 Å². The summed E-state index contributed by atoms with van der Waals surface area (Å²) in [5.41, 5.74) is 0.0985. The number of carbonyl (C=O) groups is 2. The third-order valence-electron chi connectivity index (χ3n) is 2.24. The molecule has 0 radical (unpaired) electrons. The third-order valence-corrected chi connectivity index (χ3v) is 2.24. The normalized spacial score (nSPS) is 10.9. The summed E-state index contributed by atoms with van der Waals surface area (Å²) in [5, 5.41) is 2.56. The average Bonchev–Trinajstić information content (AvgIpc) is 2.37. The van der Waals surface area contributed by atoms with Gasteiger partial charge in [-0.05, 0) is 20.8 Å². The molecule has 0 aliphatic heterocycles. The maximum atomic E-state index is 11.7. The Labute approximate surface area is 119 Å². The number of ether oxygens (including phenoxy) is 2. The van der Waals surface area contributed by atoms with Gasteiger partial charge < -0.3 is 14.8 Å². The Bertz CT molecular complexity index is 437. The molecular weight excluding hydrogens is 258 g/mol. The van der Waals surface area contributed by atoms with Gasteiger partial charge in [-0.1, -0.05) is 30.3 Å². The second kappa shape index (κ2) is 7.65. The second-order valence-corrected chi connectivity index (χ2v) is 5.27. The first-order chi connectivity index (χ1) is 9.38. The van der Waals surface area contributed by atoms with E-state index < -0.39 is 11.7 Å². The van der Waals surface area contributed by atoms with Crippen molar-refractivity contribution in [1.29, 1.82) is 0 Å². The fraction of sp³-hybridized carbons (Fsp3) is 0.467. The first kappa shape index (κ1) is 16.2. The number of ketones is 1. The maximum absolute atomic E-state index is 11.7. The number of Topliss-reactive ketones (excluding diaryl/α,β-unsaturated/α-hetero) is 1. The highest BCUT2D eigenvalue weighted by molar-refractivity contribution is 5.96. The summed E-state index contributed by atoms with van der Waals surface area (Å²) in [7, 11) is 0. The summed E-state index contributed by atoms with van der Waals surface area (Å²) in [6.07, 6.45) is -0.490. The summed E-state index contributed by atoms with van der Waals surface area (Å²) in [5.74, 6) is -0.0807. The lowest BCUT2D eigenvalue weighted by atomic mass is 10.1. The summed E-state index contributed by atoms with van der Waals surface area (Å²) >= 11 is 0. The molecule has 0 saturated heterocycles. The molecule has 5 heteroatoms. The van der Waals surface area contributed by atoms with E-state index in [0.29, 0.717) is 12.1 Å². The average molecular weight is 279 g/mol. The van der Waals surface area contributed by atoms with Crippen molar-refractivity contribution in [3.63, 3.8) is 0 Å². The Kier molecular flexibility index (Phi) is 6.18. The largest absolute Gasteiger partial charge is 0.444 e. The van der Waals surface area contributed by atoms with Gasteiger partial charge >= 0.3 is 6.09 Å². The van der Waals surface area contributed by atoms with Gasteiger partial charge in [-0.25, -0.2) is 4.79 Å². The van der Waals surface area contributed by atoms with Crippen molar-refractivity contribution >= 4 is 11.9 Å². The van der Waals surface area contributed by atoms with Gasteiger partial charge in [0.25, 0.3) is 0 Å². The fourth-order valence-electron chi connectivity index (χ4n) is 1.41. The van der Waals surface area contributed by atoms with Crippen LogP contribution in [0.25, 0.3) is 0 Å². The van der Waals surface area contributed by atoms with E-state index in [1.165, 1.54) is 0 Å². The van der Waals surface area contributed by atoms with Gasteiger partial charge in [-0.15, -0.1) is 0 Å². The van der Waals surface area contributed by atoms with Crippen LogP contribution in [0.3, 0.4) is 0 Å². The van der Waals surface area contributed by atoms with E-state index in [1.807, 2.05) is 6.07 Å². The Balaban J connectivity index is 2.14. The molecule has 0 spiro atoms. The Morgan fingerprint density at radius 1 is 1.15 bits per heavy atom. The highest BCUT2D eigenvalue weighted by atomic mass is 16.6. The second-order valence-electron chi connectivity index (χ2n) is 5.27. The molecule has 1 N–H and O–H groups in total. The van der Waals surface area contributed by atoms with Crippen molar-refractivity contribution in [2.24, 2.45) is 0 Å². The van der Waals surface area contributed by atoms with Gasteiger partial charge in [-0.2, -0.15) is 0 Å². The molecule has 0 bridgehead atoms. The van der Waals surface area contributed by atoms with Crippen molar-refractivity contribution in [1.82, 2.24) is 5.32 Å².